The van der Waals surface area contributed by atoms with Crippen LogP contribution in [0.15, 0.2) is 72.9 Å². The van der Waals surface area contributed by atoms with E-state index in [4.69, 9.17) is 0 Å². The van der Waals surface area contributed by atoms with Gasteiger partial charge in [-0.05, 0) is 23.2 Å². The van der Waals surface area contributed by atoms with Crippen molar-refractivity contribution in [3.05, 3.63) is 84.1 Å². The maximum absolute atomic E-state index is 2.42. The van der Waals surface area contributed by atoms with E-state index in [9.17, 15) is 0 Å². The lowest BCUT2D eigenvalue weighted by Gasteiger charge is -2.41. The monoisotopic (exact) mass is 277 g/mol. The second-order valence-electron chi connectivity index (χ2n) is 6.28. The molecule has 0 aliphatic carbocycles. The quantitative estimate of drug-likeness (QED) is 0.792. The molecule has 2 aromatic carbocycles. The molecule has 2 aromatic rings. The highest BCUT2D eigenvalue weighted by Gasteiger charge is 2.34. The van der Waals surface area contributed by atoms with Gasteiger partial charge in [-0.1, -0.05) is 80.6 Å². The first-order chi connectivity index (χ1) is 10.2. The molecule has 1 heteroatoms. The average molecular weight is 277 g/mol. The van der Waals surface area contributed by atoms with Gasteiger partial charge in [-0.2, -0.15) is 0 Å². The minimum Gasteiger partial charge on any atom is -0.373 e. The van der Waals surface area contributed by atoms with Crippen LogP contribution in [0.25, 0.3) is 0 Å². The van der Waals surface area contributed by atoms with Gasteiger partial charge in [0.05, 0.1) is 0 Å². The van der Waals surface area contributed by atoms with Gasteiger partial charge in [0, 0.05) is 18.5 Å². The summed E-state index contributed by atoms with van der Waals surface area (Å²) in [5.74, 6) is 0.591. The van der Waals surface area contributed by atoms with Gasteiger partial charge < -0.3 is 4.90 Å². The molecule has 0 saturated carbocycles. The Kier molecular flexibility index (Phi) is 3.83. The summed E-state index contributed by atoms with van der Waals surface area (Å²) in [5.41, 5.74) is 2.92. The van der Waals surface area contributed by atoms with Gasteiger partial charge in [-0.25, -0.2) is 0 Å². The first-order valence-electron chi connectivity index (χ1n) is 7.71. The molecule has 1 aliphatic rings. The lowest BCUT2D eigenvalue weighted by atomic mass is 9.71. The first-order valence-corrected chi connectivity index (χ1v) is 7.71. The SMILES string of the molecule is CC1CN(Cc2ccccc2)C=CC1(C)c1ccccc1. The number of benzene rings is 2. The molecule has 0 aromatic heterocycles. The highest BCUT2D eigenvalue weighted by Crippen LogP contribution is 2.37. The molecule has 0 fully saturated rings. The summed E-state index contributed by atoms with van der Waals surface area (Å²) in [7, 11) is 0. The van der Waals surface area contributed by atoms with E-state index in [1.165, 1.54) is 11.1 Å². The van der Waals surface area contributed by atoms with Crippen molar-refractivity contribution in [1.29, 1.82) is 0 Å². The van der Waals surface area contributed by atoms with Crippen LogP contribution >= 0.6 is 0 Å². The van der Waals surface area contributed by atoms with E-state index in [0.29, 0.717) is 5.92 Å². The smallest absolute Gasteiger partial charge is 0.0423 e. The summed E-state index contributed by atoms with van der Waals surface area (Å²) in [5, 5.41) is 0. The third-order valence-electron chi connectivity index (χ3n) is 4.79. The summed E-state index contributed by atoms with van der Waals surface area (Å²) in [6, 6.07) is 21.5. The zero-order chi connectivity index (χ0) is 14.7. The van der Waals surface area contributed by atoms with Gasteiger partial charge in [0.25, 0.3) is 0 Å². The van der Waals surface area contributed by atoms with Crippen LogP contribution in [0.5, 0.6) is 0 Å². The molecule has 1 aliphatic heterocycles. The van der Waals surface area contributed by atoms with Crippen molar-refractivity contribution in [2.75, 3.05) is 6.54 Å². The van der Waals surface area contributed by atoms with E-state index in [2.05, 4.69) is 91.7 Å². The van der Waals surface area contributed by atoms with Crippen LogP contribution in [-0.2, 0) is 12.0 Å². The van der Waals surface area contributed by atoms with Gasteiger partial charge in [0.2, 0.25) is 0 Å². The minimum atomic E-state index is 0.133. The largest absolute Gasteiger partial charge is 0.373 e. The molecule has 1 nitrogen and oxygen atoms in total. The Hall–Kier alpha value is -2.02. The fourth-order valence-corrected chi connectivity index (χ4v) is 3.14. The normalized spacial score (nSPS) is 25.0. The van der Waals surface area contributed by atoms with Crippen LogP contribution < -0.4 is 0 Å². The molecule has 108 valence electrons. The maximum Gasteiger partial charge on any atom is 0.0423 e. The van der Waals surface area contributed by atoms with E-state index in [-0.39, 0.29) is 5.41 Å². The van der Waals surface area contributed by atoms with Crippen LogP contribution in [0.4, 0.5) is 0 Å². The first kappa shape index (κ1) is 13.9. The van der Waals surface area contributed by atoms with E-state index >= 15 is 0 Å². The molecule has 0 saturated heterocycles. The van der Waals surface area contributed by atoms with Crippen LogP contribution in [-0.4, -0.2) is 11.4 Å². The lowest BCUT2D eigenvalue weighted by Crippen LogP contribution is -2.40. The Bertz CT molecular complexity index is 602. The lowest BCUT2D eigenvalue weighted by molar-refractivity contribution is 0.230. The van der Waals surface area contributed by atoms with E-state index in [1.807, 2.05) is 0 Å². The zero-order valence-electron chi connectivity index (χ0n) is 12.9. The zero-order valence-corrected chi connectivity index (χ0v) is 12.9. The van der Waals surface area contributed by atoms with Crippen LogP contribution in [0.3, 0.4) is 0 Å². The fraction of sp³-hybridized carbons (Fsp3) is 0.300. The van der Waals surface area contributed by atoms with Crippen molar-refractivity contribution in [2.24, 2.45) is 5.92 Å². The second-order valence-corrected chi connectivity index (χ2v) is 6.28. The highest BCUT2D eigenvalue weighted by atomic mass is 15.1. The summed E-state index contributed by atoms with van der Waals surface area (Å²) < 4.78 is 0. The van der Waals surface area contributed by atoms with Gasteiger partial charge in [-0.3, -0.25) is 0 Å². The van der Waals surface area contributed by atoms with Gasteiger partial charge in [-0.15, -0.1) is 0 Å². The van der Waals surface area contributed by atoms with Crippen molar-refractivity contribution in [3.63, 3.8) is 0 Å². The number of rotatable bonds is 3. The summed E-state index contributed by atoms with van der Waals surface area (Å²) >= 11 is 0. The minimum absolute atomic E-state index is 0.133. The summed E-state index contributed by atoms with van der Waals surface area (Å²) in [4.78, 5) is 2.42. The summed E-state index contributed by atoms with van der Waals surface area (Å²) in [6.45, 7) is 6.79. The van der Waals surface area contributed by atoms with E-state index in [1.54, 1.807) is 0 Å². The Balaban J connectivity index is 1.79. The molecule has 21 heavy (non-hydrogen) atoms. The third-order valence-corrected chi connectivity index (χ3v) is 4.79. The summed E-state index contributed by atoms with van der Waals surface area (Å²) in [6.07, 6.45) is 4.65. The number of nitrogens with zero attached hydrogens (tertiary/aromatic N) is 1. The Morgan fingerprint density at radius 3 is 2.24 bits per heavy atom. The van der Waals surface area contributed by atoms with Crippen LogP contribution in [0.1, 0.15) is 25.0 Å². The topological polar surface area (TPSA) is 3.24 Å². The fourth-order valence-electron chi connectivity index (χ4n) is 3.14. The van der Waals surface area contributed by atoms with E-state index in [0.717, 1.165) is 13.1 Å². The molecule has 0 radical (unpaired) electrons. The molecule has 2 unspecified atom stereocenters. The standard InChI is InChI=1S/C20H23N/c1-17-15-21(16-18-9-5-3-6-10-18)14-13-20(17,2)19-11-7-4-8-12-19/h3-14,17H,15-16H2,1-2H3. The molecule has 0 N–H and O–H groups in total. The Morgan fingerprint density at radius 2 is 1.62 bits per heavy atom. The average Bonchev–Trinajstić information content (AvgIpc) is 2.53. The van der Waals surface area contributed by atoms with Crippen LogP contribution in [0.2, 0.25) is 0 Å². The Morgan fingerprint density at radius 1 is 1.00 bits per heavy atom. The molecule has 0 bridgehead atoms. The second kappa shape index (κ2) is 5.77. The maximum atomic E-state index is 2.42. The Labute approximate surface area is 127 Å². The van der Waals surface area contributed by atoms with Crippen molar-refractivity contribution in [3.8, 4) is 0 Å². The number of allylic oxidation sites excluding steroid dienone is 1. The molecule has 0 amide bonds. The van der Waals surface area contributed by atoms with Crippen molar-refractivity contribution in [1.82, 2.24) is 4.90 Å². The van der Waals surface area contributed by atoms with Crippen molar-refractivity contribution >= 4 is 0 Å². The molecule has 1 heterocycles. The van der Waals surface area contributed by atoms with Crippen molar-refractivity contribution < 1.29 is 0 Å². The highest BCUT2D eigenvalue weighted by molar-refractivity contribution is 5.32. The predicted molar refractivity (Wildman–Crippen MR) is 89.0 cm³/mol. The predicted octanol–water partition coefficient (Wildman–Crippen LogP) is 4.61. The van der Waals surface area contributed by atoms with Crippen molar-refractivity contribution in [2.45, 2.75) is 25.8 Å². The van der Waals surface area contributed by atoms with E-state index < -0.39 is 0 Å². The van der Waals surface area contributed by atoms with Crippen LogP contribution in [0, 0.1) is 5.92 Å². The number of hydrogen-bond acceptors (Lipinski definition) is 1. The molecule has 0 spiro atoms. The molecular formula is C20H23N. The number of hydrogen-bond donors (Lipinski definition) is 0. The molecular weight excluding hydrogens is 254 g/mol. The van der Waals surface area contributed by atoms with Gasteiger partial charge in [0.1, 0.15) is 0 Å². The van der Waals surface area contributed by atoms with Gasteiger partial charge >= 0.3 is 0 Å². The molecule has 2 atom stereocenters. The third kappa shape index (κ3) is 2.87. The van der Waals surface area contributed by atoms with Gasteiger partial charge in [0.15, 0.2) is 0 Å². The molecule has 3 rings (SSSR count).